The Hall–Kier alpha value is -1.72. The van der Waals surface area contributed by atoms with Crippen LogP contribution in [0, 0.1) is 0 Å². The Labute approximate surface area is 84.8 Å². The van der Waals surface area contributed by atoms with Gasteiger partial charge in [0, 0.05) is 6.20 Å². The number of esters is 1. The second-order valence-electron chi connectivity index (χ2n) is 2.60. The van der Waals surface area contributed by atoms with E-state index in [0.717, 1.165) is 6.20 Å². The summed E-state index contributed by atoms with van der Waals surface area (Å²) in [5.41, 5.74) is -0.427. The molecule has 1 rings (SSSR count). The average molecular weight is 217 g/mol. The van der Waals surface area contributed by atoms with Gasteiger partial charge in [0.05, 0.1) is 19.8 Å². The van der Waals surface area contributed by atoms with Crippen LogP contribution in [0.2, 0.25) is 0 Å². The lowest BCUT2D eigenvalue weighted by Gasteiger charge is -2.07. The van der Waals surface area contributed by atoms with Crippen LogP contribution in [0.3, 0.4) is 0 Å². The van der Waals surface area contributed by atoms with E-state index in [-0.39, 0.29) is 11.3 Å². The van der Waals surface area contributed by atoms with Gasteiger partial charge < -0.3 is 9.47 Å². The average Bonchev–Trinajstić information content (AvgIpc) is 2.26. The number of halogens is 2. The summed E-state index contributed by atoms with van der Waals surface area (Å²) in [6.07, 6.45) is -1.72. The standard InChI is InChI=1S/C9H9F2NO3/c1-14-6-3-5(9(13)15-2)4-12-7(6)8(10)11/h3-4,8H,1-2H3. The van der Waals surface area contributed by atoms with Crippen molar-refractivity contribution >= 4 is 5.97 Å². The van der Waals surface area contributed by atoms with E-state index < -0.39 is 18.1 Å². The number of carbonyl (C=O) groups excluding carboxylic acids is 1. The van der Waals surface area contributed by atoms with Crippen molar-refractivity contribution in [3.63, 3.8) is 0 Å². The van der Waals surface area contributed by atoms with Crippen molar-refractivity contribution in [2.24, 2.45) is 0 Å². The molecule has 0 aliphatic carbocycles. The van der Waals surface area contributed by atoms with Crippen LogP contribution in [-0.2, 0) is 4.74 Å². The summed E-state index contributed by atoms with van der Waals surface area (Å²) in [4.78, 5) is 14.5. The number of hydrogen-bond acceptors (Lipinski definition) is 4. The maximum absolute atomic E-state index is 12.4. The molecule has 6 heteroatoms. The molecule has 0 spiro atoms. The number of hydrogen-bond donors (Lipinski definition) is 0. The first kappa shape index (κ1) is 11.4. The Kier molecular flexibility index (Phi) is 3.54. The third-order valence-corrected chi connectivity index (χ3v) is 1.73. The van der Waals surface area contributed by atoms with E-state index in [0.29, 0.717) is 0 Å². The highest BCUT2D eigenvalue weighted by Crippen LogP contribution is 2.27. The first-order valence-corrected chi connectivity index (χ1v) is 4.00. The number of alkyl halides is 2. The molecule has 15 heavy (non-hydrogen) atoms. The van der Waals surface area contributed by atoms with E-state index in [2.05, 4.69) is 9.72 Å². The number of pyridine rings is 1. The van der Waals surface area contributed by atoms with Gasteiger partial charge in [-0.3, -0.25) is 4.98 Å². The highest BCUT2D eigenvalue weighted by atomic mass is 19.3. The number of methoxy groups -OCH3 is 2. The molecule has 1 heterocycles. The van der Waals surface area contributed by atoms with Crippen LogP contribution in [0.15, 0.2) is 12.3 Å². The molecular weight excluding hydrogens is 208 g/mol. The minimum absolute atomic E-state index is 0.0683. The van der Waals surface area contributed by atoms with Crippen LogP contribution in [0.25, 0.3) is 0 Å². The zero-order valence-electron chi connectivity index (χ0n) is 8.16. The molecule has 0 unspecified atom stereocenters. The molecule has 1 aromatic heterocycles. The monoisotopic (exact) mass is 217 g/mol. The Morgan fingerprint density at radius 2 is 2.13 bits per heavy atom. The molecule has 0 saturated carbocycles. The van der Waals surface area contributed by atoms with Crippen molar-refractivity contribution in [1.82, 2.24) is 4.98 Å². The first-order valence-electron chi connectivity index (χ1n) is 4.00. The van der Waals surface area contributed by atoms with E-state index in [4.69, 9.17) is 4.74 Å². The molecule has 0 fully saturated rings. The molecule has 4 nitrogen and oxygen atoms in total. The summed E-state index contributed by atoms with van der Waals surface area (Å²) in [5.74, 6) is -0.783. The second-order valence-corrected chi connectivity index (χ2v) is 2.60. The molecule has 0 bridgehead atoms. The smallest absolute Gasteiger partial charge is 0.339 e. The number of nitrogens with zero attached hydrogens (tertiary/aromatic N) is 1. The molecule has 1 aromatic rings. The lowest BCUT2D eigenvalue weighted by molar-refractivity contribution is 0.0599. The van der Waals surface area contributed by atoms with Crippen molar-refractivity contribution in [2.45, 2.75) is 6.43 Å². The first-order chi connectivity index (χ1) is 7.10. The zero-order valence-corrected chi connectivity index (χ0v) is 8.16. The van der Waals surface area contributed by atoms with Crippen LogP contribution in [0.5, 0.6) is 5.75 Å². The van der Waals surface area contributed by atoms with Gasteiger partial charge >= 0.3 is 5.97 Å². The number of carbonyl (C=O) groups is 1. The van der Waals surface area contributed by atoms with Crippen LogP contribution >= 0.6 is 0 Å². The number of rotatable bonds is 3. The van der Waals surface area contributed by atoms with Crippen LogP contribution < -0.4 is 4.74 Å². The normalized spacial score (nSPS) is 10.2. The summed E-state index contributed by atoms with van der Waals surface area (Å²) >= 11 is 0. The van der Waals surface area contributed by atoms with Gasteiger partial charge in [-0.25, -0.2) is 13.6 Å². The summed E-state index contributed by atoms with van der Waals surface area (Å²) in [6, 6.07) is 1.17. The maximum Gasteiger partial charge on any atom is 0.339 e. The van der Waals surface area contributed by atoms with Gasteiger partial charge in [0.25, 0.3) is 6.43 Å². The molecule has 0 N–H and O–H groups in total. The predicted octanol–water partition coefficient (Wildman–Crippen LogP) is 1.81. The third-order valence-electron chi connectivity index (χ3n) is 1.73. The van der Waals surface area contributed by atoms with Crippen molar-refractivity contribution in [3.05, 3.63) is 23.5 Å². The molecule has 0 saturated heterocycles. The van der Waals surface area contributed by atoms with E-state index in [9.17, 15) is 13.6 Å². The summed E-state index contributed by atoms with van der Waals surface area (Å²) in [6.45, 7) is 0. The van der Waals surface area contributed by atoms with Crippen LogP contribution in [0.1, 0.15) is 22.5 Å². The fraction of sp³-hybridized carbons (Fsp3) is 0.333. The predicted molar refractivity (Wildman–Crippen MR) is 47.1 cm³/mol. The molecule has 82 valence electrons. The minimum Gasteiger partial charge on any atom is -0.495 e. The molecular formula is C9H9F2NO3. The molecule has 0 amide bonds. The minimum atomic E-state index is -2.74. The molecule has 0 aliphatic rings. The lowest BCUT2D eigenvalue weighted by atomic mass is 10.2. The zero-order chi connectivity index (χ0) is 11.4. The highest BCUT2D eigenvalue weighted by molar-refractivity contribution is 5.89. The van der Waals surface area contributed by atoms with Gasteiger partial charge in [-0.05, 0) is 6.07 Å². The highest BCUT2D eigenvalue weighted by Gasteiger charge is 2.18. The van der Waals surface area contributed by atoms with Crippen molar-refractivity contribution in [1.29, 1.82) is 0 Å². The maximum atomic E-state index is 12.4. The molecule has 0 aromatic carbocycles. The summed E-state index contributed by atoms with van der Waals surface area (Å²) < 4.78 is 33.8. The SMILES string of the molecule is COC(=O)c1cnc(C(F)F)c(OC)c1. The van der Waals surface area contributed by atoms with Gasteiger partial charge in [0.15, 0.2) is 0 Å². The molecule has 0 atom stereocenters. The third kappa shape index (κ3) is 2.39. The van der Waals surface area contributed by atoms with E-state index in [1.165, 1.54) is 20.3 Å². The number of aromatic nitrogens is 1. The Morgan fingerprint density at radius 3 is 2.60 bits per heavy atom. The van der Waals surface area contributed by atoms with Gasteiger partial charge in [-0.1, -0.05) is 0 Å². The lowest BCUT2D eigenvalue weighted by Crippen LogP contribution is -2.05. The van der Waals surface area contributed by atoms with Crippen LogP contribution in [0.4, 0.5) is 8.78 Å². The Morgan fingerprint density at radius 1 is 1.47 bits per heavy atom. The number of ether oxygens (including phenoxy) is 2. The van der Waals surface area contributed by atoms with Crippen LogP contribution in [-0.4, -0.2) is 25.2 Å². The summed E-state index contributed by atoms with van der Waals surface area (Å²) in [7, 11) is 2.42. The van der Waals surface area contributed by atoms with Gasteiger partial charge in [-0.2, -0.15) is 0 Å². The van der Waals surface area contributed by atoms with Crippen molar-refractivity contribution < 1.29 is 23.0 Å². The Balaban J connectivity index is 3.13. The fourth-order valence-corrected chi connectivity index (χ4v) is 1.01. The van der Waals surface area contributed by atoms with Gasteiger partial charge in [0.2, 0.25) is 0 Å². The largest absolute Gasteiger partial charge is 0.495 e. The van der Waals surface area contributed by atoms with Crippen molar-refractivity contribution in [2.75, 3.05) is 14.2 Å². The van der Waals surface area contributed by atoms with Gasteiger partial charge in [-0.15, -0.1) is 0 Å². The van der Waals surface area contributed by atoms with E-state index >= 15 is 0 Å². The molecule has 0 radical (unpaired) electrons. The summed E-state index contributed by atoms with van der Waals surface area (Å²) in [5, 5.41) is 0. The molecule has 0 aliphatic heterocycles. The van der Waals surface area contributed by atoms with Gasteiger partial charge in [0.1, 0.15) is 11.4 Å². The van der Waals surface area contributed by atoms with Crippen molar-refractivity contribution in [3.8, 4) is 5.75 Å². The second kappa shape index (κ2) is 4.68. The quantitative estimate of drug-likeness (QED) is 0.724. The Bertz CT molecular complexity index is 368. The van der Waals surface area contributed by atoms with E-state index in [1.807, 2.05) is 0 Å². The fourth-order valence-electron chi connectivity index (χ4n) is 1.01. The topological polar surface area (TPSA) is 48.4 Å². The van der Waals surface area contributed by atoms with E-state index in [1.54, 1.807) is 0 Å².